The van der Waals surface area contributed by atoms with Gasteiger partial charge in [-0.2, -0.15) is 5.10 Å². The van der Waals surface area contributed by atoms with E-state index in [1.54, 1.807) is 10.8 Å². The number of hydrogen-bond donors (Lipinski definition) is 3. The standard InChI is InChI=1S/C22H21N7O2/c30-22(26-20-10-17(27-28-20)13-1-2-13)29-8-6-14-9-15(3-4-19(14)29)31-21-16-5-7-23-11-18(16)24-12-25-21/h3-4,6,8-10,12-13,23H,1-2,5,7,11H2,(H2,26,27,28,30). The first kappa shape index (κ1) is 18.1. The Kier molecular flexibility index (Phi) is 4.20. The van der Waals surface area contributed by atoms with Crippen molar-refractivity contribution in [3.8, 4) is 11.6 Å². The topological polar surface area (TPSA) is 110 Å². The zero-order chi connectivity index (χ0) is 20.8. The Morgan fingerprint density at radius 1 is 1.19 bits per heavy atom. The molecule has 9 nitrogen and oxygen atoms in total. The van der Waals surface area contributed by atoms with Gasteiger partial charge in [-0.1, -0.05) is 0 Å². The summed E-state index contributed by atoms with van der Waals surface area (Å²) in [6.45, 7) is 1.61. The molecule has 1 amide bonds. The van der Waals surface area contributed by atoms with Gasteiger partial charge in [0, 0.05) is 41.4 Å². The quantitative estimate of drug-likeness (QED) is 0.470. The first-order valence-electron chi connectivity index (χ1n) is 10.4. The first-order chi connectivity index (χ1) is 15.2. The lowest BCUT2D eigenvalue weighted by Gasteiger charge is -2.18. The fourth-order valence-corrected chi connectivity index (χ4v) is 3.99. The second-order valence-electron chi connectivity index (χ2n) is 7.95. The van der Waals surface area contributed by atoms with Crippen LogP contribution in [-0.4, -0.2) is 37.3 Å². The first-order valence-corrected chi connectivity index (χ1v) is 10.4. The van der Waals surface area contributed by atoms with E-state index in [1.165, 1.54) is 19.2 Å². The van der Waals surface area contributed by atoms with Crippen molar-refractivity contribution >= 4 is 22.8 Å². The molecule has 0 unspecified atom stereocenters. The van der Waals surface area contributed by atoms with Crippen molar-refractivity contribution in [2.45, 2.75) is 31.7 Å². The van der Waals surface area contributed by atoms with Crippen LogP contribution in [0.5, 0.6) is 11.6 Å². The molecule has 1 aliphatic carbocycles. The molecule has 31 heavy (non-hydrogen) atoms. The lowest BCUT2D eigenvalue weighted by atomic mass is 10.1. The number of nitrogens with one attached hydrogen (secondary N) is 3. The second-order valence-corrected chi connectivity index (χ2v) is 7.95. The maximum atomic E-state index is 12.8. The molecule has 1 aromatic carbocycles. The molecule has 3 aromatic heterocycles. The highest BCUT2D eigenvalue weighted by Gasteiger charge is 2.26. The molecule has 6 rings (SSSR count). The third-order valence-corrected chi connectivity index (χ3v) is 5.78. The van der Waals surface area contributed by atoms with Crippen LogP contribution < -0.4 is 15.4 Å². The molecule has 0 atom stereocenters. The maximum Gasteiger partial charge on any atom is 0.331 e. The van der Waals surface area contributed by atoms with Gasteiger partial charge in [-0.05, 0) is 50.1 Å². The minimum absolute atomic E-state index is 0.255. The molecule has 0 radical (unpaired) electrons. The number of rotatable bonds is 4. The van der Waals surface area contributed by atoms with Gasteiger partial charge in [0.05, 0.1) is 11.2 Å². The van der Waals surface area contributed by atoms with Crippen LogP contribution in [0, 0.1) is 0 Å². The number of anilines is 1. The molecule has 0 bridgehead atoms. The number of carbonyl (C=O) groups is 1. The van der Waals surface area contributed by atoms with Crippen LogP contribution in [0.1, 0.15) is 35.7 Å². The number of nitrogens with zero attached hydrogens (tertiary/aromatic N) is 4. The van der Waals surface area contributed by atoms with Gasteiger partial charge < -0.3 is 10.1 Å². The highest BCUT2D eigenvalue weighted by molar-refractivity contribution is 5.98. The Morgan fingerprint density at radius 3 is 3.03 bits per heavy atom. The van der Waals surface area contributed by atoms with Crippen molar-refractivity contribution in [2.24, 2.45) is 0 Å². The average Bonchev–Trinajstić information content (AvgIpc) is 3.39. The molecular weight excluding hydrogens is 394 g/mol. The predicted molar refractivity (Wildman–Crippen MR) is 114 cm³/mol. The highest BCUT2D eigenvalue weighted by Crippen LogP contribution is 2.39. The molecule has 1 fully saturated rings. The number of hydrogen-bond acceptors (Lipinski definition) is 6. The zero-order valence-corrected chi connectivity index (χ0v) is 16.8. The Hall–Kier alpha value is -3.72. The van der Waals surface area contributed by atoms with E-state index in [0.717, 1.165) is 47.4 Å². The summed E-state index contributed by atoms with van der Waals surface area (Å²) in [5, 5.41) is 14.3. The summed E-state index contributed by atoms with van der Waals surface area (Å²) in [5.41, 5.74) is 3.89. The van der Waals surface area contributed by atoms with Gasteiger partial charge in [0.1, 0.15) is 12.1 Å². The molecule has 2 aliphatic rings. The minimum atomic E-state index is -0.255. The number of H-pyrrole nitrogens is 1. The number of carbonyl (C=O) groups excluding carboxylic acids is 1. The number of fused-ring (bicyclic) bond motifs is 2. The van der Waals surface area contributed by atoms with E-state index in [0.29, 0.717) is 23.4 Å². The monoisotopic (exact) mass is 415 g/mol. The summed E-state index contributed by atoms with van der Waals surface area (Å²) < 4.78 is 7.65. The average molecular weight is 415 g/mol. The van der Waals surface area contributed by atoms with Crippen LogP contribution >= 0.6 is 0 Å². The number of amides is 1. The lowest BCUT2D eigenvalue weighted by molar-refractivity contribution is 0.254. The largest absolute Gasteiger partial charge is 0.439 e. The van der Waals surface area contributed by atoms with E-state index in [9.17, 15) is 4.79 Å². The van der Waals surface area contributed by atoms with Gasteiger partial charge in [0.15, 0.2) is 5.82 Å². The SMILES string of the molecule is O=C(Nc1cc(C2CC2)[nH]n1)n1ccc2cc(Oc3ncnc4c3CCNC4)ccc21. The van der Waals surface area contributed by atoms with Gasteiger partial charge in [0.25, 0.3) is 0 Å². The van der Waals surface area contributed by atoms with Crippen LogP contribution in [0.3, 0.4) is 0 Å². The van der Waals surface area contributed by atoms with Gasteiger partial charge >= 0.3 is 6.03 Å². The lowest BCUT2D eigenvalue weighted by Crippen LogP contribution is -2.25. The summed E-state index contributed by atoms with van der Waals surface area (Å²) in [4.78, 5) is 21.4. The van der Waals surface area contributed by atoms with E-state index in [-0.39, 0.29) is 6.03 Å². The Labute approximate surface area is 177 Å². The van der Waals surface area contributed by atoms with Crippen molar-refractivity contribution < 1.29 is 9.53 Å². The fourth-order valence-electron chi connectivity index (χ4n) is 3.99. The van der Waals surface area contributed by atoms with E-state index in [4.69, 9.17) is 4.74 Å². The van der Waals surface area contributed by atoms with Crippen molar-refractivity contribution in [1.29, 1.82) is 0 Å². The molecule has 0 spiro atoms. The van der Waals surface area contributed by atoms with E-state index < -0.39 is 0 Å². The number of aromatic amines is 1. The molecule has 1 saturated carbocycles. The maximum absolute atomic E-state index is 12.8. The number of aromatic nitrogens is 5. The van der Waals surface area contributed by atoms with Crippen LogP contribution in [0.2, 0.25) is 0 Å². The Morgan fingerprint density at radius 2 is 2.13 bits per heavy atom. The van der Waals surface area contributed by atoms with E-state index >= 15 is 0 Å². The highest BCUT2D eigenvalue weighted by atomic mass is 16.5. The van der Waals surface area contributed by atoms with Crippen LogP contribution in [0.15, 0.2) is 42.9 Å². The molecule has 156 valence electrons. The predicted octanol–water partition coefficient (Wildman–Crippen LogP) is 3.55. The summed E-state index contributed by atoms with van der Waals surface area (Å²) in [6.07, 6.45) is 6.47. The zero-order valence-electron chi connectivity index (χ0n) is 16.8. The molecule has 4 heterocycles. The summed E-state index contributed by atoms with van der Waals surface area (Å²) in [6, 6.07) is 9.18. The van der Waals surface area contributed by atoms with Crippen molar-refractivity contribution in [1.82, 2.24) is 30.0 Å². The van der Waals surface area contributed by atoms with Crippen LogP contribution in [0.4, 0.5) is 10.6 Å². The Bertz CT molecular complexity index is 1290. The van der Waals surface area contributed by atoms with Crippen molar-refractivity contribution in [3.05, 3.63) is 59.8 Å². The van der Waals surface area contributed by atoms with Gasteiger partial charge in [-0.25, -0.2) is 14.8 Å². The summed E-state index contributed by atoms with van der Waals surface area (Å²) in [5.74, 6) is 2.36. The van der Waals surface area contributed by atoms with Crippen molar-refractivity contribution in [2.75, 3.05) is 11.9 Å². The fraction of sp³-hybridized carbons (Fsp3) is 0.273. The summed E-state index contributed by atoms with van der Waals surface area (Å²) in [7, 11) is 0. The number of ether oxygens (including phenoxy) is 1. The van der Waals surface area contributed by atoms with Crippen LogP contribution in [-0.2, 0) is 13.0 Å². The molecule has 0 saturated heterocycles. The van der Waals surface area contributed by atoms with Crippen LogP contribution in [0.25, 0.3) is 10.9 Å². The Balaban J connectivity index is 1.23. The van der Waals surface area contributed by atoms with Crippen molar-refractivity contribution in [3.63, 3.8) is 0 Å². The van der Waals surface area contributed by atoms with E-state index in [1.807, 2.05) is 30.3 Å². The molecule has 1 aliphatic heterocycles. The molecule has 3 N–H and O–H groups in total. The second kappa shape index (κ2) is 7.21. The third kappa shape index (κ3) is 3.42. The van der Waals surface area contributed by atoms with E-state index in [2.05, 4.69) is 30.8 Å². The normalized spacial score (nSPS) is 15.6. The molecule has 9 heteroatoms. The van der Waals surface area contributed by atoms with Gasteiger partial charge in [-0.3, -0.25) is 15.0 Å². The van der Waals surface area contributed by atoms with Gasteiger partial charge in [0.2, 0.25) is 5.88 Å². The minimum Gasteiger partial charge on any atom is -0.439 e. The molecule has 4 aromatic rings. The smallest absolute Gasteiger partial charge is 0.331 e. The molecular formula is C22H21N7O2. The van der Waals surface area contributed by atoms with Gasteiger partial charge in [-0.15, -0.1) is 0 Å². The summed E-state index contributed by atoms with van der Waals surface area (Å²) >= 11 is 0. The third-order valence-electron chi connectivity index (χ3n) is 5.78. The number of benzene rings is 1.